The third-order valence-corrected chi connectivity index (χ3v) is 7.44. The summed E-state index contributed by atoms with van der Waals surface area (Å²) < 4.78 is 14.7. The molecule has 0 spiro atoms. The molecule has 4 heterocycles. The molecule has 0 aliphatic carbocycles. The summed E-state index contributed by atoms with van der Waals surface area (Å²) in [5.41, 5.74) is 7.27. The molecule has 0 saturated heterocycles. The van der Waals surface area contributed by atoms with E-state index in [2.05, 4.69) is 40.7 Å². The standard InChI is InChI=1S/C34H35FN8O/c1-34(2,3)33(44)39-25-13-21(17-36-19-25)22-14-28-31(41-42-32(28)38-18-22)30-16-27-26(7-6-8-29(27)40-30)20-11-23(35)15-24(12-20)37-9-10-43(4)5/h6-8,11-19,37,40H,9-10H2,1-5H3,(H,39,44)(H,38,41,42). The van der Waals surface area contributed by atoms with Gasteiger partial charge in [0.2, 0.25) is 5.91 Å². The summed E-state index contributed by atoms with van der Waals surface area (Å²) in [4.78, 5) is 27.0. The van der Waals surface area contributed by atoms with Gasteiger partial charge in [0, 0.05) is 64.0 Å². The van der Waals surface area contributed by atoms with Crippen LogP contribution in [0.5, 0.6) is 0 Å². The largest absolute Gasteiger partial charge is 0.384 e. The van der Waals surface area contributed by atoms with Crippen molar-refractivity contribution in [2.24, 2.45) is 5.41 Å². The topological polar surface area (TPSA) is 115 Å². The highest BCUT2D eigenvalue weighted by Gasteiger charge is 2.21. The first-order valence-electron chi connectivity index (χ1n) is 14.5. The Labute approximate surface area is 254 Å². The van der Waals surface area contributed by atoms with Gasteiger partial charge in [0.1, 0.15) is 11.5 Å². The fraction of sp³-hybridized carbons (Fsp3) is 0.235. The number of nitrogens with one attached hydrogen (secondary N) is 4. The number of H-pyrrole nitrogens is 2. The number of anilines is 2. The van der Waals surface area contributed by atoms with Crippen molar-refractivity contribution in [2.45, 2.75) is 20.8 Å². The molecule has 0 aliphatic heterocycles. The molecule has 1 amide bonds. The van der Waals surface area contributed by atoms with Crippen LogP contribution in [-0.2, 0) is 4.79 Å². The molecule has 4 aromatic heterocycles. The van der Waals surface area contributed by atoms with E-state index in [0.29, 0.717) is 23.6 Å². The summed E-state index contributed by atoms with van der Waals surface area (Å²) >= 11 is 0. The molecule has 0 atom stereocenters. The summed E-state index contributed by atoms with van der Waals surface area (Å²) in [6, 6.07) is 17.0. The number of fused-ring (bicyclic) bond motifs is 2. The van der Waals surface area contributed by atoms with Crippen LogP contribution in [0.1, 0.15) is 20.8 Å². The lowest BCUT2D eigenvalue weighted by Gasteiger charge is -2.17. The fourth-order valence-electron chi connectivity index (χ4n) is 5.06. The zero-order chi connectivity index (χ0) is 31.0. The highest BCUT2D eigenvalue weighted by atomic mass is 19.1. The van der Waals surface area contributed by atoms with E-state index in [1.165, 1.54) is 6.07 Å². The van der Waals surface area contributed by atoms with Gasteiger partial charge in [-0.2, -0.15) is 5.10 Å². The van der Waals surface area contributed by atoms with Crippen molar-refractivity contribution in [1.29, 1.82) is 0 Å². The van der Waals surface area contributed by atoms with Crippen LogP contribution in [0, 0.1) is 11.2 Å². The maximum Gasteiger partial charge on any atom is 0.229 e. The monoisotopic (exact) mass is 590 g/mol. The van der Waals surface area contributed by atoms with Gasteiger partial charge in [0.25, 0.3) is 0 Å². The molecular formula is C34H35FN8O. The molecule has 6 rings (SSSR count). The van der Waals surface area contributed by atoms with Crippen LogP contribution >= 0.6 is 0 Å². The Kier molecular flexibility index (Phi) is 7.60. The third-order valence-electron chi connectivity index (χ3n) is 7.44. The summed E-state index contributed by atoms with van der Waals surface area (Å²) in [5.74, 6) is -0.383. The number of amides is 1. The predicted octanol–water partition coefficient (Wildman–Crippen LogP) is 6.93. The van der Waals surface area contributed by atoms with E-state index in [1.807, 2.05) is 77.3 Å². The summed E-state index contributed by atoms with van der Waals surface area (Å²) in [6.45, 7) is 7.15. The van der Waals surface area contributed by atoms with Crippen molar-refractivity contribution in [1.82, 2.24) is 30.0 Å². The van der Waals surface area contributed by atoms with Crippen molar-refractivity contribution in [3.05, 3.63) is 79.0 Å². The highest BCUT2D eigenvalue weighted by molar-refractivity contribution is 6.01. The second-order valence-electron chi connectivity index (χ2n) is 12.3. The number of halogens is 1. The van der Waals surface area contributed by atoms with Gasteiger partial charge < -0.3 is 20.5 Å². The van der Waals surface area contributed by atoms with Crippen LogP contribution in [0.4, 0.5) is 15.8 Å². The van der Waals surface area contributed by atoms with Crippen LogP contribution in [0.2, 0.25) is 0 Å². The summed E-state index contributed by atoms with van der Waals surface area (Å²) in [5, 5.41) is 15.7. The van der Waals surface area contributed by atoms with E-state index < -0.39 is 5.41 Å². The summed E-state index contributed by atoms with van der Waals surface area (Å²) in [7, 11) is 4.01. The molecular weight excluding hydrogens is 555 g/mol. The lowest BCUT2D eigenvalue weighted by molar-refractivity contribution is -0.123. The van der Waals surface area contributed by atoms with Gasteiger partial charge in [-0.05, 0) is 67.7 Å². The van der Waals surface area contributed by atoms with Gasteiger partial charge in [-0.25, -0.2) is 9.37 Å². The van der Waals surface area contributed by atoms with E-state index in [1.54, 1.807) is 24.7 Å². The normalized spacial score (nSPS) is 11.9. The molecule has 0 saturated carbocycles. The Morgan fingerprint density at radius 2 is 1.73 bits per heavy atom. The van der Waals surface area contributed by atoms with Gasteiger partial charge >= 0.3 is 0 Å². The predicted molar refractivity (Wildman–Crippen MR) is 175 cm³/mol. The number of carbonyl (C=O) groups is 1. The molecule has 6 aromatic rings. The second kappa shape index (κ2) is 11.5. The zero-order valence-electron chi connectivity index (χ0n) is 25.4. The van der Waals surface area contributed by atoms with E-state index in [4.69, 9.17) is 0 Å². The van der Waals surface area contributed by atoms with Crippen molar-refractivity contribution >= 4 is 39.2 Å². The average Bonchev–Trinajstić information content (AvgIpc) is 3.60. The van der Waals surface area contributed by atoms with Crippen molar-refractivity contribution in [2.75, 3.05) is 37.8 Å². The first-order chi connectivity index (χ1) is 21.0. The first kappa shape index (κ1) is 29.0. The molecule has 0 aliphatic rings. The number of carbonyl (C=O) groups excluding carboxylic acids is 1. The molecule has 2 aromatic carbocycles. The van der Waals surface area contributed by atoms with Crippen LogP contribution in [-0.4, -0.2) is 63.1 Å². The first-order valence-corrected chi connectivity index (χ1v) is 14.5. The van der Waals surface area contributed by atoms with Gasteiger partial charge in [-0.15, -0.1) is 0 Å². The molecule has 44 heavy (non-hydrogen) atoms. The number of hydrogen-bond donors (Lipinski definition) is 4. The number of aromatic amines is 2. The number of hydrogen-bond acceptors (Lipinski definition) is 6. The summed E-state index contributed by atoms with van der Waals surface area (Å²) in [6.07, 6.45) is 5.13. The number of aromatic nitrogens is 5. The second-order valence-corrected chi connectivity index (χ2v) is 12.3. The molecule has 0 bridgehead atoms. The van der Waals surface area contributed by atoms with Crippen molar-refractivity contribution in [3.63, 3.8) is 0 Å². The van der Waals surface area contributed by atoms with E-state index in [9.17, 15) is 9.18 Å². The maximum atomic E-state index is 14.7. The average molecular weight is 591 g/mol. The van der Waals surface area contributed by atoms with Gasteiger partial charge in [0.15, 0.2) is 5.65 Å². The molecule has 0 radical (unpaired) electrons. The molecule has 0 unspecified atom stereocenters. The van der Waals surface area contributed by atoms with Crippen molar-refractivity contribution < 1.29 is 9.18 Å². The molecule has 9 nitrogen and oxygen atoms in total. The minimum atomic E-state index is -0.526. The molecule has 10 heteroatoms. The van der Waals surface area contributed by atoms with Crippen LogP contribution in [0.15, 0.2) is 73.2 Å². The highest BCUT2D eigenvalue weighted by Crippen LogP contribution is 2.36. The quantitative estimate of drug-likeness (QED) is 0.153. The van der Waals surface area contributed by atoms with Gasteiger partial charge in [-0.3, -0.25) is 14.9 Å². The Balaban J connectivity index is 1.35. The Morgan fingerprint density at radius 1 is 0.932 bits per heavy atom. The molecule has 224 valence electrons. The maximum absolute atomic E-state index is 14.7. The van der Waals surface area contributed by atoms with Crippen LogP contribution in [0.3, 0.4) is 0 Å². The number of nitrogens with zero attached hydrogens (tertiary/aromatic N) is 4. The van der Waals surface area contributed by atoms with Crippen LogP contribution in [0.25, 0.3) is 55.6 Å². The lowest BCUT2D eigenvalue weighted by atomic mass is 9.95. The Hall–Kier alpha value is -5.09. The third kappa shape index (κ3) is 6.02. The smallest absolute Gasteiger partial charge is 0.229 e. The Bertz CT molecular complexity index is 1990. The van der Waals surface area contributed by atoms with Crippen LogP contribution < -0.4 is 10.6 Å². The molecule has 0 fully saturated rings. The zero-order valence-corrected chi connectivity index (χ0v) is 25.4. The SMILES string of the molecule is CN(C)CCNc1cc(F)cc(-c2cccc3[nH]c(-c4n[nH]c5ncc(-c6cncc(NC(=O)C(C)(C)C)c6)cc45)cc23)c1. The van der Waals surface area contributed by atoms with Gasteiger partial charge in [-0.1, -0.05) is 32.9 Å². The van der Waals surface area contributed by atoms with E-state index in [0.717, 1.165) is 56.5 Å². The fourth-order valence-corrected chi connectivity index (χ4v) is 5.06. The number of benzene rings is 2. The number of rotatable bonds is 8. The number of likely N-dealkylation sites (N-methyl/N-ethyl adjacent to an activating group) is 1. The lowest BCUT2D eigenvalue weighted by Crippen LogP contribution is -2.27. The number of pyridine rings is 2. The van der Waals surface area contributed by atoms with E-state index >= 15 is 0 Å². The van der Waals surface area contributed by atoms with Crippen molar-refractivity contribution in [3.8, 4) is 33.6 Å². The van der Waals surface area contributed by atoms with Gasteiger partial charge in [0.05, 0.1) is 17.6 Å². The molecule has 4 N–H and O–H groups in total. The minimum absolute atomic E-state index is 0.0876. The minimum Gasteiger partial charge on any atom is -0.384 e. The Morgan fingerprint density at radius 3 is 2.52 bits per heavy atom. The van der Waals surface area contributed by atoms with E-state index in [-0.39, 0.29) is 11.7 Å².